The standard InChI is InChI=1S/C14H19NO3/c1-5-15(6-2)14(16)18-11(3)12-8-7-9-13(10-12)17-4/h7-10H,3,5-6H2,1-2,4H3. The molecule has 98 valence electrons. The van der Waals surface area contributed by atoms with E-state index in [9.17, 15) is 4.79 Å². The Morgan fingerprint density at radius 2 is 2.00 bits per heavy atom. The van der Waals surface area contributed by atoms with Gasteiger partial charge in [0.05, 0.1) is 7.11 Å². The zero-order valence-electron chi connectivity index (χ0n) is 11.1. The van der Waals surface area contributed by atoms with Crippen LogP contribution in [0.3, 0.4) is 0 Å². The summed E-state index contributed by atoms with van der Waals surface area (Å²) >= 11 is 0. The van der Waals surface area contributed by atoms with E-state index in [1.807, 2.05) is 32.0 Å². The molecule has 0 fully saturated rings. The van der Waals surface area contributed by atoms with Crippen molar-refractivity contribution >= 4 is 11.9 Å². The maximum absolute atomic E-state index is 11.8. The molecule has 0 aliphatic heterocycles. The van der Waals surface area contributed by atoms with Gasteiger partial charge in [-0.25, -0.2) is 4.79 Å². The van der Waals surface area contributed by atoms with E-state index in [1.165, 1.54) is 0 Å². The van der Waals surface area contributed by atoms with Crippen molar-refractivity contribution in [2.75, 3.05) is 20.2 Å². The fourth-order valence-corrected chi connectivity index (χ4v) is 1.51. The van der Waals surface area contributed by atoms with Gasteiger partial charge in [0, 0.05) is 18.7 Å². The molecule has 0 saturated carbocycles. The summed E-state index contributed by atoms with van der Waals surface area (Å²) in [7, 11) is 1.59. The van der Waals surface area contributed by atoms with Crippen LogP contribution < -0.4 is 4.74 Å². The molecule has 18 heavy (non-hydrogen) atoms. The highest BCUT2D eigenvalue weighted by Gasteiger charge is 2.13. The van der Waals surface area contributed by atoms with Gasteiger partial charge in [0.2, 0.25) is 0 Å². The third-order valence-corrected chi connectivity index (χ3v) is 2.62. The topological polar surface area (TPSA) is 38.8 Å². The van der Waals surface area contributed by atoms with Crippen LogP contribution in [0.1, 0.15) is 19.4 Å². The lowest BCUT2D eigenvalue weighted by molar-refractivity contribution is 0.148. The molecule has 0 radical (unpaired) electrons. The Kier molecular flexibility index (Phi) is 5.24. The van der Waals surface area contributed by atoms with Crippen molar-refractivity contribution in [1.29, 1.82) is 0 Å². The Morgan fingerprint density at radius 3 is 2.56 bits per heavy atom. The average molecular weight is 249 g/mol. The molecule has 4 nitrogen and oxygen atoms in total. The lowest BCUT2D eigenvalue weighted by atomic mass is 10.2. The molecule has 0 aromatic heterocycles. The van der Waals surface area contributed by atoms with E-state index < -0.39 is 0 Å². The van der Waals surface area contributed by atoms with E-state index >= 15 is 0 Å². The van der Waals surface area contributed by atoms with Gasteiger partial charge < -0.3 is 14.4 Å². The molecule has 0 saturated heterocycles. The monoisotopic (exact) mass is 249 g/mol. The number of hydrogen-bond acceptors (Lipinski definition) is 3. The summed E-state index contributed by atoms with van der Waals surface area (Å²) < 4.78 is 10.3. The van der Waals surface area contributed by atoms with E-state index in [0.717, 1.165) is 5.56 Å². The Labute approximate surface area is 108 Å². The highest BCUT2D eigenvalue weighted by Crippen LogP contribution is 2.20. The smallest absolute Gasteiger partial charge is 0.415 e. The summed E-state index contributed by atoms with van der Waals surface area (Å²) in [5.41, 5.74) is 0.731. The normalized spacial score (nSPS) is 9.72. The maximum atomic E-state index is 11.8. The van der Waals surface area contributed by atoms with E-state index in [2.05, 4.69) is 6.58 Å². The quantitative estimate of drug-likeness (QED) is 0.752. The predicted octanol–water partition coefficient (Wildman–Crippen LogP) is 3.14. The van der Waals surface area contributed by atoms with Crippen LogP contribution in [0.2, 0.25) is 0 Å². The van der Waals surface area contributed by atoms with Crippen LogP contribution in [-0.2, 0) is 4.74 Å². The molecule has 0 bridgehead atoms. The minimum atomic E-state index is -0.382. The lowest BCUT2D eigenvalue weighted by Gasteiger charge is -2.18. The molecule has 0 N–H and O–H groups in total. The molecule has 0 aliphatic rings. The molecular formula is C14H19NO3. The van der Waals surface area contributed by atoms with Gasteiger partial charge in [0.15, 0.2) is 0 Å². The molecule has 1 aromatic rings. The molecule has 1 aromatic carbocycles. The summed E-state index contributed by atoms with van der Waals surface area (Å²) in [6.07, 6.45) is -0.382. The number of benzene rings is 1. The Bertz CT molecular complexity index is 425. The summed E-state index contributed by atoms with van der Waals surface area (Å²) in [6, 6.07) is 7.24. The Hall–Kier alpha value is -1.97. The van der Waals surface area contributed by atoms with Crippen molar-refractivity contribution in [2.45, 2.75) is 13.8 Å². The first-order valence-electron chi connectivity index (χ1n) is 5.92. The molecule has 0 atom stereocenters. The fraction of sp³-hybridized carbons (Fsp3) is 0.357. The number of methoxy groups -OCH3 is 1. The van der Waals surface area contributed by atoms with Crippen molar-refractivity contribution in [1.82, 2.24) is 4.90 Å². The second-order valence-electron chi connectivity index (χ2n) is 3.70. The minimum Gasteiger partial charge on any atom is -0.497 e. The van der Waals surface area contributed by atoms with Crippen molar-refractivity contribution in [3.63, 3.8) is 0 Å². The highest BCUT2D eigenvalue weighted by atomic mass is 16.6. The Morgan fingerprint density at radius 1 is 1.33 bits per heavy atom. The maximum Gasteiger partial charge on any atom is 0.415 e. The molecule has 0 unspecified atom stereocenters. The van der Waals surface area contributed by atoms with Gasteiger partial charge in [-0.1, -0.05) is 18.7 Å². The number of nitrogens with zero attached hydrogens (tertiary/aromatic N) is 1. The van der Waals surface area contributed by atoms with Crippen LogP contribution >= 0.6 is 0 Å². The SMILES string of the molecule is C=C(OC(=O)N(CC)CC)c1cccc(OC)c1. The van der Waals surface area contributed by atoms with E-state index in [0.29, 0.717) is 24.6 Å². The number of amides is 1. The van der Waals surface area contributed by atoms with Crippen LogP contribution in [0.4, 0.5) is 4.79 Å². The zero-order valence-corrected chi connectivity index (χ0v) is 11.1. The highest BCUT2D eigenvalue weighted by molar-refractivity contribution is 5.76. The first-order chi connectivity index (χ1) is 8.62. The van der Waals surface area contributed by atoms with Crippen molar-refractivity contribution in [3.8, 4) is 5.75 Å². The van der Waals surface area contributed by atoms with E-state index in [-0.39, 0.29) is 6.09 Å². The molecule has 0 aliphatic carbocycles. The van der Waals surface area contributed by atoms with Crippen LogP contribution in [0.15, 0.2) is 30.8 Å². The lowest BCUT2D eigenvalue weighted by Crippen LogP contribution is -2.30. The third kappa shape index (κ3) is 3.52. The zero-order chi connectivity index (χ0) is 13.5. The molecule has 4 heteroatoms. The van der Waals surface area contributed by atoms with Gasteiger partial charge in [-0.05, 0) is 26.0 Å². The molecule has 1 rings (SSSR count). The first-order valence-corrected chi connectivity index (χ1v) is 5.92. The van der Waals surface area contributed by atoms with Crippen LogP contribution in [-0.4, -0.2) is 31.2 Å². The summed E-state index contributed by atoms with van der Waals surface area (Å²) in [4.78, 5) is 13.3. The molecule has 1 amide bonds. The molecular weight excluding hydrogens is 230 g/mol. The molecule has 0 heterocycles. The summed E-state index contributed by atoms with van der Waals surface area (Å²) in [5, 5.41) is 0. The average Bonchev–Trinajstić information content (AvgIpc) is 2.40. The third-order valence-electron chi connectivity index (χ3n) is 2.62. The summed E-state index contributed by atoms with van der Waals surface area (Å²) in [5.74, 6) is 1.03. The number of carbonyl (C=O) groups is 1. The van der Waals surface area contributed by atoms with Gasteiger partial charge in [0.25, 0.3) is 0 Å². The van der Waals surface area contributed by atoms with Crippen molar-refractivity contribution < 1.29 is 14.3 Å². The van der Waals surface area contributed by atoms with Crippen molar-refractivity contribution in [2.24, 2.45) is 0 Å². The number of carbonyl (C=O) groups excluding carboxylic acids is 1. The predicted molar refractivity (Wildman–Crippen MR) is 71.4 cm³/mol. The fourth-order valence-electron chi connectivity index (χ4n) is 1.51. The van der Waals surface area contributed by atoms with Crippen LogP contribution in [0, 0.1) is 0 Å². The van der Waals surface area contributed by atoms with Gasteiger partial charge in [-0.2, -0.15) is 0 Å². The minimum absolute atomic E-state index is 0.325. The van der Waals surface area contributed by atoms with E-state index in [4.69, 9.17) is 9.47 Å². The van der Waals surface area contributed by atoms with Crippen LogP contribution in [0.5, 0.6) is 5.75 Å². The summed E-state index contributed by atoms with van der Waals surface area (Å²) in [6.45, 7) is 8.79. The van der Waals surface area contributed by atoms with E-state index in [1.54, 1.807) is 18.1 Å². The number of ether oxygens (including phenoxy) is 2. The second-order valence-corrected chi connectivity index (χ2v) is 3.70. The van der Waals surface area contributed by atoms with Gasteiger partial charge >= 0.3 is 6.09 Å². The first kappa shape index (κ1) is 14.1. The number of hydrogen-bond donors (Lipinski definition) is 0. The largest absolute Gasteiger partial charge is 0.497 e. The second kappa shape index (κ2) is 6.69. The van der Waals surface area contributed by atoms with Crippen molar-refractivity contribution in [3.05, 3.63) is 36.4 Å². The van der Waals surface area contributed by atoms with Gasteiger partial charge in [0.1, 0.15) is 11.5 Å². The molecule has 0 spiro atoms. The van der Waals surface area contributed by atoms with Gasteiger partial charge in [-0.3, -0.25) is 0 Å². The number of rotatable bonds is 5. The van der Waals surface area contributed by atoms with Gasteiger partial charge in [-0.15, -0.1) is 0 Å². The Balaban J connectivity index is 2.73. The van der Waals surface area contributed by atoms with Crippen LogP contribution in [0.25, 0.3) is 5.76 Å².